The van der Waals surface area contributed by atoms with Crippen molar-refractivity contribution in [3.63, 3.8) is 0 Å². The zero-order valence-corrected chi connectivity index (χ0v) is 19.7. The summed E-state index contributed by atoms with van der Waals surface area (Å²) in [6, 6.07) is 10.5. The van der Waals surface area contributed by atoms with Crippen molar-refractivity contribution in [2.45, 2.75) is 44.8 Å². The summed E-state index contributed by atoms with van der Waals surface area (Å²) in [5, 5.41) is 14.4. The van der Waals surface area contributed by atoms with Gasteiger partial charge in [0.15, 0.2) is 0 Å². The van der Waals surface area contributed by atoms with E-state index in [-0.39, 0.29) is 23.7 Å². The average Bonchev–Trinajstić information content (AvgIpc) is 3.49. The lowest BCUT2D eigenvalue weighted by atomic mass is 9.74. The number of aromatic nitrogens is 1. The maximum absolute atomic E-state index is 12.7. The molecule has 1 aromatic heterocycles. The maximum Gasteiger partial charge on any atom is 0.415 e. The molecular weight excluding hydrogens is 450 g/mol. The molecule has 1 saturated carbocycles. The van der Waals surface area contributed by atoms with Gasteiger partial charge in [-0.2, -0.15) is 5.26 Å². The normalized spacial score (nSPS) is 21.1. The first-order chi connectivity index (χ1) is 16.6. The molecule has 0 saturated heterocycles. The quantitative estimate of drug-likeness (QED) is 0.679. The lowest BCUT2D eigenvalue weighted by Crippen LogP contribution is -2.44. The number of benzene rings is 1. The van der Waals surface area contributed by atoms with Gasteiger partial charge < -0.3 is 19.5 Å². The van der Waals surface area contributed by atoms with Gasteiger partial charge in [-0.05, 0) is 63.9 Å². The highest BCUT2D eigenvalue weighted by Crippen LogP contribution is 2.65. The van der Waals surface area contributed by atoms with Crippen molar-refractivity contribution in [3.05, 3.63) is 53.3 Å². The monoisotopic (exact) mass is 475 g/mol. The Kier molecular flexibility index (Phi) is 5.16. The first kappa shape index (κ1) is 22.7. The van der Waals surface area contributed by atoms with E-state index in [4.69, 9.17) is 24.5 Å². The van der Waals surface area contributed by atoms with E-state index >= 15 is 0 Å². The molecule has 0 bridgehead atoms. The van der Waals surface area contributed by atoms with Crippen molar-refractivity contribution in [3.8, 4) is 11.8 Å². The van der Waals surface area contributed by atoms with Crippen molar-refractivity contribution in [2.24, 2.45) is 10.4 Å². The van der Waals surface area contributed by atoms with Gasteiger partial charge >= 0.3 is 6.09 Å². The van der Waals surface area contributed by atoms with Crippen LogP contribution in [0.3, 0.4) is 0 Å². The second kappa shape index (κ2) is 7.98. The third kappa shape index (κ3) is 4.14. The molecule has 2 aliphatic heterocycles. The number of nitrogens with zero attached hydrogens (tertiary/aromatic N) is 3. The van der Waals surface area contributed by atoms with E-state index in [1.54, 1.807) is 32.9 Å². The highest BCUT2D eigenvalue weighted by molar-refractivity contribution is 6.03. The van der Waals surface area contributed by atoms with E-state index in [2.05, 4.69) is 15.6 Å². The van der Waals surface area contributed by atoms with Crippen molar-refractivity contribution < 1.29 is 23.8 Å². The molecule has 1 atom stereocenters. The van der Waals surface area contributed by atoms with Crippen molar-refractivity contribution in [1.82, 2.24) is 10.3 Å². The van der Waals surface area contributed by atoms with Crippen LogP contribution in [0.4, 0.5) is 10.5 Å². The summed E-state index contributed by atoms with van der Waals surface area (Å²) < 4.78 is 17.2. The van der Waals surface area contributed by atoms with Crippen LogP contribution in [0, 0.1) is 16.7 Å². The van der Waals surface area contributed by atoms with Crippen LogP contribution in [0.1, 0.15) is 55.2 Å². The van der Waals surface area contributed by atoms with E-state index in [0.29, 0.717) is 23.6 Å². The van der Waals surface area contributed by atoms with Crippen LogP contribution in [-0.2, 0) is 15.0 Å². The summed E-state index contributed by atoms with van der Waals surface area (Å²) >= 11 is 0. The van der Waals surface area contributed by atoms with Gasteiger partial charge in [0.2, 0.25) is 0 Å². The number of ether oxygens (including phenoxy) is 3. The molecule has 10 nitrogen and oxygen atoms in total. The summed E-state index contributed by atoms with van der Waals surface area (Å²) in [4.78, 5) is 33.9. The Balaban J connectivity index is 1.43. The first-order valence-corrected chi connectivity index (χ1v) is 11.3. The number of aliphatic imine (C=N–C) groups is 1. The Bertz CT molecular complexity index is 1270. The zero-order valence-electron chi connectivity index (χ0n) is 19.7. The number of nitrogens with one attached hydrogen (secondary N) is 2. The molecule has 1 unspecified atom stereocenters. The number of fused-ring (bicyclic) bond motifs is 3. The Morgan fingerprint density at radius 3 is 2.57 bits per heavy atom. The molecule has 180 valence electrons. The number of carbonyl (C=O) groups is 2. The molecule has 10 heteroatoms. The highest BCUT2D eigenvalue weighted by Gasteiger charge is 2.66. The Morgan fingerprint density at radius 1 is 1.11 bits per heavy atom. The maximum atomic E-state index is 12.7. The third-order valence-corrected chi connectivity index (χ3v) is 6.36. The molecule has 5 rings (SSSR count). The number of anilines is 1. The van der Waals surface area contributed by atoms with Crippen LogP contribution < -0.4 is 15.4 Å². The molecule has 3 heterocycles. The lowest BCUT2D eigenvalue weighted by Gasteiger charge is -2.39. The van der Waals surface area contributed by atoms with Gasteiger partial charge in [0, 0.05) is 22.9 Å². The van der Waals surface area contributed by atoms with Gasteiger partial charge in [0.05, 0.1) is 12.2 Å². The molecule has 2 amide bonds. The molecule has 3 aliphatic rings. The standard InChI is InChI=1S/C25H25N5O5/c1-23(2,3)35-22(32)29-21-30-25(14-34-21)17-10-16(5-7-19(17)33-13-24(25)8-9-24)28-20(31)18-6-4-15(11-26)12-27-18/h4-7,10,12H,8-9,13-14H2,1-3H3,(H,28,31)(H,29,30,32). The van der Waals surface area contributed by atoms with E-state index in [9.17, 15) is 9.59 Å². The molecule has 2 N–H and O–H groups in total. The van der Waals surface area contributed by atoms with Crippen LogP contribution in [0.2, 0.25) is 0 Å². The minimum atomic E-state index is -0.752. The number of amides is 2. The number of alkyl carbamates (subject to hydrolysis) is 1. The Morgan fingerprint density at radius 2 is 1.91 bits per heavy atom. The molecule has 1 fully saturated rings. The van der Waals surface area contributed by atoms with Crippen LogP contribution in [0.15, 0.2) is 41.5 Å². The smallest absolute Gasteiger partial charge is 0.415 e. The minimum absolute atomic E-state index is 0.106. The summed E-state index contributed by atoms with van der Waals surface area (Å²) in [7, 11) is 0. The number of rotatable bonds is 2. The average molecular weight is 476 g/mol. The van der Waals surface area contributed by atoms with Gasteiger partial charge in [0.25, 0.3) is 11.9 Å². The van der Waals surface area contributed by atoms with E-state index < -0.39 is 23.1 Å². The molecule has 0 radical (unpaired) electrons. The molecule has 2 spiro atoms. The number of hydrogen-bond acceptors (Lipinski definition) is 8. The van der Waals surface area contributed by atoms with Crippen LogP contribution in [0.5, 0.6) is 5.75 Å². The number of carbonyl (C=O) groups excluding carboxylic acids is 2. The van der Waals surface area contributed by atoms with Crippen LogP contribution in [-0.4, -0.2) is 41.8 Å². The zero-order chi connectivity index (χ0) is 24.8. The largest absolute Gasteiger partial charge is 0.493 e. The summed E-state index contributed by atoms with van der Waals surface area (Å²) in [6.45, 7) is 6.07. The van der Waals surface area contributed by atoms with Crippen LogP contribution >= 0.6 is 0 Å². The number of pyridine rings is 1. The third-order valence-electron chi connectivity index (χ3n) is 6.36. The second-order valence-electron chi connectivity index (χ2n) is 9.97. The van der Waals surface area contributed by atoms with E-state index in [1.807, 2.05) is 12.1 Å². The minimum Gasteiger partial charge on any atom is -0.493 e. The Labute approximate surface area is 202 Å². The SMILES string of the molecule is CC(C)(C)OC(=O)NC1=NC2(CO1)c1cc(NC(=O)c3ccc(C#N)cn3)ccc1OCC21CC1. The molecule has 1 aromatic carbocycles. The summed E-state index contributed by atoms with van der Waals surface area (Å²) in [5.41, 5.74) is 0.252. The second-order valence-corrected chi connectivity index (χ2v) is 9.97. The number of amidine groups is 1. The topological polar surface area (TPSA) is 135 Å². The van der Waals surface area contributed by atoms with Crippen molar-refractivity contribution >= 4 is 23.7 Å². The Hall–Kier alpha value is -4.13. The van der Waals surface area contributed by atoms with Gasteiger partial charge in [0.1, 0.15) is 35.3 Å². The van der Waals surface area contributed by atoms with Gasteiger partial charge in [-0.25, -0.2) is 20.1 Å². The van der Waals surface area contributed by atoms with Gasteiger partial charge in [-0.15, -0.1) is 0 Å². The lowest BCUT2D eigenvalue weighted by molar-refractivity contribution is 0.0546. The highest BCUT2D eigenvalue weighted by atomic mass is 16.6. The fourth-order valence-electron chi connectivity index (χ4n) is 4.45. The fraction of sp³-hybridized carbons (Fsp3) is 0.400. The molecule has 1 aliphatic carbocycles. The van der Waals surface area contributed by atoms with Crippen molar-refractivity contribution in [2.75, 3.05) is 18.5 Å². The summed E-state index contributed by atoms with van der Waals surface area (Å²) in [6.07, 6.45) is 2.53. The number of hydrogen-bond donors (Lipinski definition) is 2. The number of nitriles is 1. The van der Waals surface area contributed by atoms with Crippen molar-refractivity contribution in [1.29, 1.82) is 5.26 Å². The van der Waals surface area contributed by atoms with Crippen LogP contribution in [0.25, 0.3) is 0 Å². The van der Waals surface area contributed by atoms with E-state index in [1.165, 1.54) is 18.3 Å². The van der Waals surface area contributed by atoms with E-state index in [0.717, 1.165) is 18.4 Å². The fourth-order valence-corrected chi connectivity index (χ4v) is 4.45. The first-order valence-electron chi connectivity index (χ1n) is 11.3. The molecule has 35 heavy (non-hydrogen) atoms. The predicted octanol–water partition coefficient (Wildman–Crippen LogP) is 3.48. The van der Waals surface area contributed by atoms with Gasteiger partial charge in [-0.1, -0.05) is 0 Å². The molecule has 2 aromatic rings. The summed E-state index contributed by atoms with van der Waals surface area (Å²) in [5.74, 6) is 0.252. The predicted molar refractivity (Wildman–Crippen MR) is 125 cm³/mol. The van der Waals surface area contributed by atoms with Gasteiger partial charge in [-0.3, -0.25) is 4.79 Å². The molecular formula is C25H25N5O5.